The maximum absolute atomic E-state index is 12.5. The van der Waals surface area contributed by atoms with Crippen molar-refractivity contribution in [1.82, 2.24) is 0 Å². The molecule has 0 fully saturated rings. The van der Waals surface area contributed by atoms with Gasteiger partial charge in [0.15, 0.2) is 0 Å². The Morgan fingerprint density at radius 1 is 0.815 bits per heavy atom. The molecule has 2 aromatic rings. The van der Waals surface area contributed by atoms with Gasteiger partial charge in [0.2, 0.25) is 5.12 Å². The van der Waals surface area contributed by atoms with E-state index in [-0.39, 0.29) is 5.12 Å². The average Bonchev–Trinajstić information content (AvgIpc) is 2.70. The first kappa shape index (κ1) is 21.6. The van der Waals surface area contributed by atoms with Gasteiger partial charge >= 0.3 is 0 Å². The smallest absolute Gasteiger partial charge is 0.224 e. The summed E-state index contributed by atoms with van der Waals surface area (Å²) in [5.41, 5.74) is 2.06. The Labute approximate surface area is 168 Å². The predicted octanol–water partition coefficient (Wildman–Crippen LogP) is 7.31. The molecular weight excluding hydrogens is 352 g/mol. The molecule has 2 nitrogen and oxygen atoms in total. The summed E-state index contributed by atoms with van der Waals surface area (Å²) in [6, 6.07) is 15.9. The van der Waals surface area contributed by atoms with E-state index >= 15 is 0 Å². The zero-order chi connectivity index (χ0) is 19.3. The normalized spacial score (nSPS) is 10.7. The van der Waals surface area contributed by atoms with E-state index in [1.807, 2.05) is 24.3 Å². The van der Waals surface area contributed by atoms with Crippen LogP contribution in [0.25, 0.3) is 0 Å². The van der Waals surface area contributed by atoms with E-state index in [0.717, 1.165) is 30.1 Å². The molecule has 0 saturated carbocycles. The van der Waals surface area contributed by atoms with Gasteiger partial charge in [-0.3, -0.25) is 4.79 Å². The van der Waals surface area contributed by atoms with Crippen LogP contribution >= 0.6 is 11.8 Å². The van der Waals surface area contributed by atoms with Gasteiger partial charge in [-0.2, -0.15) is 0 Å². The first-order chi connectivity index (χ1) is 13.2. The number of rotatable bonds is 12. The second kappa shape index (κ2) is 12.6. The van der Waals surface area contributed by atoms with Crippen LogP contribution in [0.2, 0.25) is 0 Å². The highest BCUT2D eigenvalue weighted by molar-refractivity contribution is 8.14. The summed E-state index contributed by atoms with van der Waals surface area (Å²) in [6.07, 6.45) is 9.64. The van der Waals surface area contributed by atoms with Crippen LogP contribution in [-0.2, 0) is 6.42 Å². The molecule has 0 unspecified atom stereocenters. The number of carbonyl (C=O) groups excluding carboxylic acids is 1. The number of benzene rings is 2. The summed E-state index contributed by atoms with van der Waals surface area (Å²) in [4.78, 5) is 13.5. The Kier molecular flexibility index (Phi) is 10.1. The second-order valence-corrected chi connectivity index (χ2v) is 7.97. The van der Waals surface area contributed by atoms with Crippen molar-refractivity contribution in [1.29, 1.82) is 0 Å². The Balaban J connectivity index is 1.79. The van der Waals surface area contributed by atoms with Gasteiger partial charge in [0.25, 0.3) is 0 Å². The number of aryl methyl sites for hydroxylation is 1. The Morgan fingerprint density at radius 3 is 2.15 bits per heavy atom. The summed E-state index contributed by atoms with van der Waals surface area (Å²) >= 11 is 1.29. The fourth-order valence-corrected chi connectivity index (χ4v) is 3.62. The minimum absolute atomic E-state index is 0.0724. The molecule has 27 heavy (non-hydrogen) atoms. The predicted molar refractivity (Wildman–Crippen MR) is 116 cm³/mol. The fourth-order valence-electron chi connectivity index (χ4n) is 2.88. The molecule has 0 bridgehead atoms. The minimum atomic E-state index is 0.0724. The summed E-state index contributed by atoms with van der Waals surface area (Å²) in [6.45, 7) is 5.17. The second-order valence-electron chi connectivity index (χ2n) is 6.92. The third-order valence-corrected chi connectivity index (χ3v) is 5.49. The van der Waals surface area contributed by atoms with Crippen LogP contribution in [0.15, 0.2) is 53.4 Å². The third kappa shape index (κ3) is 8.21. The molecule has 2 rings (SSSR count). The van der Waals surface area contributed by atoms with Crippen LogP contribution in [0, 0.1) is 0 Å². The van der Waals surface area contributed by atoms with Crippen molar-refractivity contribution in [3.8, 4) is 5.75 Å². The van der Waals surface area contributed by atoms with Gasteiger partial charge in [-0.05, 0) is 73.0 Å². The van der Waals surface area contributed by atoms with Gasteiger partial charge in [0.1, 0.15) is 5.75 Å². The molecule has 0 atom stereocenters. The number of unbranched alkanes of at least 4 members (excludes halogenated alkanes) is 5. The summed E-state index contributed by atoms with van der Waals surface area (Å²) in [5.74, 6) is 0.837. The number of ether oxygens (including phenoxy) is 1. The molecule has 0 aromatic heterocycles. The zero-order valence-corrected chi connectivity index (χ0v) is 17.5. The van der Waals surface area contributed by atoms with E-state index in [2.05, 4.69) is 38.1 Å². The van der Waals surface area contributed by atoms with Crippen LogP contribution < -0.4 is 4.74 Å². The molecule has 0 aliphatic carbocycles. The summed E-state index contributed by atoms with van der Waals surface area (Å²) in [5, 5.41) is 0.0724. The maximum Gasteiger partial charge on any atom is 0.224 e. The van der Waals surface area contributed by atoms with Crippen molar-refractivity contribution in [2.75, 3.05) is 6.61 Å². The van der Waals surface area contributed by atoms with Crippen LogP contribution in [0.3, 0.4) is 0 Å². The standard InChI is InChI=1S/C24H32O2S/c1-3-5-7-9-19-26-22-15-13-21(14-16-22)24(25)27-23-17-11-20(12-18-23)10-8-6-4-2/h11-18H,3-10,19H2,1-2H3. The lowest BCUT2D eigenvalue weighted by atomic mass is 10.1. The fraction of sp³-hybridized carbons (Fsp3) is 0.458. The first-order valence-electron chi connectivity index (χ1n) is 10.3. The van der Waals surface area contributed by atoms with Crippen molar-refractivity contribution in [3.63, 3.8) is 0 Å². The lowest BCUT2D eigenvalue weighted by Gasteiger charge is -2.07. The van der Waals surface area contributed by atoms with Gasteiger partial charge < -0.3 is 4.74 Å². The van der Waals surface area contributed by atoms with E-state index in [9.17, 15) is 4.79 Å². The molecule has 2 aromatic carbocycles. The van der Waals surface area contributed by atoms with Crippen molar-refractivity contribution in [2.45, 2.75) is 70.1 Å². The third-order valence-electron chi connectivity index (χ3n) is 4.56. The number of thioether (sulfide) groups is 1. The SMILES string of the molecule is CCCCCCOc1ccc(C(=O)Sc2ccc(CCCCC)cc2)cc1. The molecule has 0 aliphatic rings. The molecule has 0 N–H and O–H groups in total. The van der Waals surface area contributed by atoms with Crippen LogP contribution in [-0.4, -0.2) is 11.7 Å². The Morgan fingerprint density at radius 2 is 1.48 bits per heavy atom. The maximum atomic E-state index is 12.5. The highest BCUT2D eigenvalue weighted by Gasteiger charge is 2.08. The van der Waals surface area contributed by atoms with Crippen molar-refractivity contribution < 1.29 is 9.53 Å². The molecule has 0 radical (unpaired) electrons. The van der Waals surface area contributed by atoms with E-state index in [0.29, 0.717) is 5.56 Å². The van der Waals surface area contributed by atoms with Crippen molar-refractivity contribution in [3.05, 3.63) is 59.7 Å². The molecule has 0 aliphatic heterocycles. The Hall–Kier alpha value is -1.74. The number of hydrogen-bond donors (Lipinski definition) is 0. The number of carbonyl (C=O) groups is 1. The molecule has 3 heteroatoms. The average molecular weight is 385 g/mol. The van der Waals surface area contributed by atoms with Crippen molar-refractivity contribution >= 4 is 16.9 Å². The highest BCUT2D eigenvalue weighted by Crippen LogP contribution is 2.25. The summed E-state index contributed by atoms with van der Waals surface area (Å²) < 4.78 is 5.74. The van der Waals surface area contributed by atoms with Gasteiger partial charge in [0, 0.05) is 10.5 Å². The molecule has 0 heterocycles. The molecule has 146 valence electrons. The molecule has 0 spiro atoms. The molecule has 0 amide bonds. The minimum Gasteiger partial charge on any atom is -0.494 e. The molecular formula is C24H32O2S. The number of hydrogen-bond acceptors (Lipinski definition) is 3. The van der Waals surface area contributed by atoms with Gasteiger partial charge in [-0.1, -0.05) is 58.1 Å². The van der Waals surface area contributed by atoms with Gasteiger partial charge in [0.05, 0.1) is 6.61 Å². The quantitative estimate of drug-likeness (QED) is 0.283. The first-order valence-corrected chi connectivity index (χ1v) is 11.1. The topological polar surface area (TPSA) is 26.3 Å². The van der Waals surface area contributed by atoms with Crippen LogP contribution in [0.4, 0.5) is 0 Å². The van der Waals surface area contributed by atoms with Crippen molar-refractivity contribution in [2.24, 2.45) is 0 Å². The Bertz CT molecular complexity index is 662. The van der Waals surface area contributed by atoms with E-state index in [4.69, 9.17) is 4.74 Å². The zero-order valence-electron chi connectivity index (χ0n) is 16.7. The highest BCUT2D eigenvalue weighted by atomic mass is 32.2. The lowest BCUT2D eigenvalue weighted by molar-refractivity contribution is 0.108. The van der Waals surface area contributed by atoms with E-state index in [1.165, 1.54) is 55.9 Å². The van der Waals surface area contributed by atoms with Crippen LogP contribution in [0.5, 0.6) is 5.75 Å². The molecule has 0 saturated heterocycles. The largest absolute Gasteiger partial charge is 0.494 e. The van der Waals surface area contributed by atoms with Gasteiger partial charge in [-0.25, -0.2) is 0 Å². The van der Waals surface area contributed by atoms with Crippen LogP contribution in [0.1, 0.15) is 74.7 Å². The van der Waals surface area contributed by atoms with E-state index < -0.39 is 0 Å². The summed E-state index contributed by atoms with van der Waals surface area (Å²) in [7, 11) is 0. The van der Waals surface area contributed by atoms with Gasteiger partial charge in [-0.15, -0.1) is 0 Å². The monoisotopic (exact) mass is 384 g/mol. The lowest BCUT2D eigenvalue weighted by Crippen LogP contribution is -1.98. The van der Waals surface area contributed by atoms with E-state index in [1.54, 1.807) is 0 Å².